The number of carbonyl (C=O) groups excluding carboxylic acids is 1. The molecule has 0 atom stereocenters. The van der Waals surface area contributed by atoms with Gasteiger partial charge in [0, 0.05) is 12.1 Å². The molecule has 0 radical (unpaired) electrons. The van der Waals surface area contributed by atoms with E-state index in [4.69, 9.17) is 0 Å². The first kappa shape index (κ1) is 14.9. The van der Waals surface area contributed by atoms with Gasteiger partial charge in [0.25, 0.3) is 5.91 Å². The van der Waals surface area contributed by atoms with E-state index in [2.05, 4.69) is 10.1 Å². The van der Waals surface area contributed by atoms with E-state index >= 15 is 0 Å². The van der Waals surface area contributed by atoms with Crippen molar-refractivity contribution in [2.45, 2.75) is 12.9 Å². The van der Waals surface area contributed by atoms with Crippen LogP contribution >= 0.6 is 0 Å². The van der Waals surface area contributed by atoms with Gasteiger partial charge in [0.05, 0.1) is 0 Å². The highest BCUT2D eigenvalue weighted by atomic mass is 19.4. The Kier molecular flexibility index (Phi) is 4.47. The van der Waals surface area contributed by atoms with Gasteiger partial charge < -0.3 is 10.1 Å². The summed E-state index contributed by atoms with van der Waals surface area (Å²) in [4.78, 5) is 11.9. The summed E-state index contributed by atoms with van der Waals surface area (Å²) in [6.07, 6.45) is -4.78. The monoisotopic (exact) mass is 295 g/mol. The molecule has 0 aliphatic heterocycles. The fourth-order valence-electron chi connectivity index (χ4n) is 1.71. The van der Waals surface area contributed by atoms with Gasteiger partial charge in [-0.25, -0.2) is 0 Å². The van der Waals surface area contributed by atoms with Crippen LogP contribution in [0.5, 0.6) is 5.75 Å². The molecule has 0 aromatic heterocycles. The molecule has 1 amide bonds. The van der Waals surface area contributed by atoms with Crippen LogP contribution in [0.15, 0.2) is 54.6 Å². The first-order chi connectivity index (χ1) is 9.94. The number of hydrogen-bond acceptors (Lipinski definition) is 2. The van der Waals surface area contributed by atoms with Gasteiger partial charge in [-0.15, -0.1) is 13.2 Å². The van der Waals surface area contributed by atoms with Crippen molar-refractivity contribution in [3.63, 3.8) is 0 Å². The van der Waals surface area contributed by atoms with Crippen molar-refractivity contribution < 1.29 is 22.7 Å². The Balaban J connectivity index is 2.01. The van der Waals surface area contributed by atoms with Crippen molar-refractivity contribution in [2.75, 3.05) is 0 Å². The van der Waals surface area contributed by atoms with Crippen molar-refractivity contribution >= 4 is 5.91 Å². The molecule has 0 aliphatic carbocycles. The highest BCUT2D eigenvalue weighted by molar-refractivity contribution is 5.94. The Labute approximate surface area is 119 Å². The zero-order chi connectivity index (χ0) is 15.3. The summed E-state index contributed by atoms with van der Waals surface area (Å²) in [6, 6.07) is 14.1. The van der Waals surface area contributed by atoms with Gasteiger partial charge >= 0.3 is 6.36 Å². The van der Waals surface area contributed by atoms with Gasteiger partial charge in [-0.2, -0.15) is 0 Å². The Morgan fingerprint density at radius 1 is 1.05 bits per heavy atom. The zero-order valence-corrected chi connectivity index (χ0v) is 10.9. The van der Waals surface area contributed by atoms with Gasteiger partial charge in [0.1, 0.15) is 5.75 Å². The van der Waals surface area contributed by atoms with Crippen LogP contribution < -0.4 is 10.1 Å². The van der Waals surface area contributed by atoms with Gasteiger partial charge in [-0.05, 0) is 23.8 Å². The number of hydrogen-bond donors (Lipinski definition) is 1. The first-order valence-corrected chi connectivity index (χ1v) is 6.12. The fourth-order valence-corrected chi connectivity index (χ4v) is 1.71. The van der Waals surface area contributed by atoms with Crippen LogP contribution in [0.2, 0.25) is 0 Å². The molecule has 0 bridgehead atoms. The summed E-state index contributed by atoms with van der Waals surface area (Å²) in [7, 11) is 0. The molecule has 0 saturated heterocycles. The lowest BCUT2D eigenvalue weighted by atomic mass is 10.2. The molecule has 0 spiro atoms. The Hall–Kier alpha value is -2.50. The quantitative estimate of drug-likeness (QED) is 0.937. The van der Waals surface area contributed by atoms with Crippen LogP contribution in [0.1, 0.15) is 15.9 Å². The highest BCUT2D eigenvalue weighted by Crippen LogP contribution is 2.23. The van der Waals surface area contributed by atoms with Gasteiger partial charge in [0.15, 0.2) is 0 Å². The molecule has 2 rings (SSSR count). The molecule has 6 heteroatoms. The van der Waals surface area contributed by atoms with Crippen molar-refractivity contribution in [3.8, 4) is 5.75 Å². The molecule has 1 N–H and O–H groups in total. The third kappa shape index (κ3) is 4.83. The van der Waals surface area contributed by atoms with Crippen molar-refractivity contribution in [1.29, 1.82) is 0 Å². The molecule has 2 aromatic rings. The molecule has 2 aromatic carbocycles. The number of nitrogens with one attached hydrogen (secondary N) is 1. The average molecular weight is 295 g/mol. The second kappa shape index (κ2) is 6.30. The molecular weight excluding hydrogens is 283 g/mol. The van der Waals surface area contributed by atoms with Gasteiger partial charge in [-0.3, -0.25) is 4.79 Å². The van der Waals surface area contributed by atoms with Crippen LogP contribution in [0.25, 0.3) is 0 Å². The second-order valence-corrected chi connectivity index (χ2v) is 4.24. The predicted octanol–water partition coefficient (Wildman–Crippen LogP) is 3.52. The van der Waals surface area contributed by atoms with E-state index in [-0.39, 0.29) is 5.56 Å². The summed E-state index contributed by atoms with van der Waals surface area (Å²) >= 11 is 0. The lowest BCUT2D eigenvalue weighted by Crippen LogP contribution is -2.23. The summed E-state index contributed by atoms with van der Waals surface area (Å²) < 4.78 is 40.1. The van der Waals surface area contributed by atoms with Crippen molar-refractivity contribution in [2.24, 2.45) is 0 Å². The molecule has 0 unspecified atom stereocenters. The van der Waals surface area contributed by atoms with E-state index in [1.807, 2.05) is 30.3 Å². The minimum Gasteiger partial charge on any atom is -0.406 e. The molecule has 0 saturated carbocycles. The van der Waals surface area contributed by atoms with Crippen LogP contribution in [0.3, 0.4) is 0 Å². The normalized spacial score (nSPS) is 11.0. The number of rotatable bonds is 4. The van der Waals surface area contributed by atoms with E-state index in [0.29, 0.717) is 6.54 Å². The summed E-state index contributed by atoms with van der Waals surface area (Å²) in [6.45, 7) is 0.296. The first-order valence-electron chi connectivity index (χ1n) is 6.12. The maximum atomic E-state index is 12.1. The number of amides is 1. The topological polar surface area (TPSA) is 38.3 Å². The maximum absolute atomic E-state index is 12.1. The van der Waals surface area contributed by atoms with E-state index in [1.165, 1.54) is 12.1 Å². The summed E-state index contributed by atoms with van der Waals surface area (Å²) in [5.74, 6) is -0.888. The van der Waals surface area contributed by atoms with E-state index in [1.54, 1.807) is 0 Å². The van der Waals surface area contributed by atoms with Crippen LogP contribution in [0.4, 0.5) is 13.2 Å². The number of carbonyl (C=O) groups is 1. The predicted molar refractivity (Wildman–Crippen MR) is 70.7 cm³/mol. The molecular formula is C15H12F3NO2. The molecule has 21 heavy (non-hydrogen) atoms. The number of benzene rings is 2. The zero-order valence-electron chi connectivity index (χ0n) is 10.9. The smallest absolute Gasteiger partial charge is 0.406 e. The average Bonchev–Trinajstić information content (AvgIpc) is 2.44. The van der Waals surface area contributed by atoms with Crippen LogP contribution in [0, 0.1) is 0 Å². The number of halogens is 3. The van der Waals surface area contributed by atoms with Crippen LogP contribution in [-0.4, -0.2) is 12.3 Å². The largest absolute Gasteiger partial charge is 0.573 e. The summed E-state index contributed by atoms with van der Waals surface area (Å²) in [5.41, 5.74) is 1.00. The second-order valence-electron chi connectivity index (χ2n) is 4.24. The Morgan fingerprint density at radius 2 is 1.76 bits per heavy atom. The Morgan fingerprint density at radius 3 is 2.43 bits per heavy atom. The fraction of sp³-hybridized carbons (Fsp3) is 0.133. The highest BCUT2D eigenvalue weighted by Gasteiger charge is 2.31. The maximum Gasteiger partial charge on any atom is 0.573 e. The van der Waals surface area contributed by atoms with Crippen molar-refractivity contribution in [3.05, 3.63) is 65.7 Å². The molecule has 0 heterocycles. The summed E-state index contributed by atoms with van der Waals surface area (Å²) in [5, 5.41) is 2.63. The SMILES string of the molecule is O=C(NCc1ccccc1)c1cccc(OC(F)(F)F)c1. The lowest BCUT2D eigenvalue weighted by molar-refractivity contribution is -0.274. The minimum atomic E-state index is -4.78. The van der Waals surface area contributed by atoms with Crippen molar-refractivity contribution in [1.82, 2.24) is 5.32 Å². The minimum absolute atomic E-state index is 0.104. The van der Waals surface area contributed by atoms with Gasteiger partial charge in [0.2, 0.25) is 0 Å². The third-order valence-electron chi connectivity index (χ3n) is 2.63. The van der Waals surface area contributed by atoms with E-state index in [0.717, 1.165) is 17.7 Å². The third-order valence-corrected chi connectivity index (χ3v) is 2.63. The lowest BCUT2D eigenvalue weighted by Gasteiger charge is -2.10. The Bertz CT molecular complexity index is 612. The number of ether oxygens (including phenoxy) is 1. The van der Waals surface area contributed by atoms with E-state index < -0.39 is 18.0 Å². The van der Waals surface area contributed by atoms with Crippen LogP contribution in [-0.2, 0) is 6.54 Å². The standard InChI is InChI=1S/C15H12F3NO2/c16-15(17,18)21-13-8-4-7-12(9-13)14(20)19-10-11-5-2-1-3-6-11/h1-9H,10H2,(H,19,20). The molecule has 3 nitrogen and oxygen atoms in total. The van der Waals surface area contributed by atoms with Gasteiger partial charge in [-0.1, -0.05) is 36.4 Å². The van der Waals surface area contributed by atoms with E-state index in [9.17, 15) is 18.0 Å². The number of alkyl halides is 3. The molecule has 110 valence electrons. The molecule has 0 fully saturated rings. The molecule has 0 aliphatic rings.